The molecule has 2 N–H and O–H groups in total. The minimum absolute atomic E-state index is 0.274. The largest absolute Gasteiger partial charge is 0.416 e. The number of carbonyl (C=O) groups is 2. The molecule has 0 aliphatic heterocycles. The fourth-order valence-corrected chi connectivity index (χ4v) is 5.74. The molecule has 2 amide bonds. The Morgan fingerprint density at radius 1 is 0.976 bits per heavy atom. The molecule has 5 aromatic rings. The van der Waals surface area contributed by atoms with Gasteiger partial charge in [0.15, 0.2) is 5.13 Å². The molecule has 0 spiro atoms. The molecule has 1 unspecified atom stereocenters. The first-order valence-electron chi connectivity index (χ1n) is 13.0. The summed E-state index contributed by atoms with van der Waals surface area (Å²) >= 11 is 2.54. The first-order valence-corrected chi connectivity index (χ1v) is 14.7. The van der Waals surface area contributed by atoms with Crippen LogP contribution in [-0.4, -0.2) is 28.4 Å². The summed E-state index contributed by atoms with van der Waals surface area (Å²) in [5.74, 6) is -1.64. The standard InChI is InChI=1S/C30H25F3N4O3S2/c31-30(32,33)21-9-4-8-20(14-21)23(10-5-13-40-16-19-6-2-1-3-7-19)27(38)35-22-11-12-24-26(15-22)42-29(36-24)37-28(39)25-17-41-18-34-25/h1-4,6-9,11-12,14-15,17-18,23H,5,10,13,16H2,(H,35,38)(H,36,37,39). The van der Waals surface area contributed by atoms with Crippen molar-refractivity contribution in [2.24, 2.45) is 0 Å². The number of anilines is 2. The minimum atomic E-state index is -4.53. The van der Waals surface area contributed by atoms with Crippen LogP contribution in [-0.2, 0) is 22.3 Å². The lowest BCUT2D eigenvalue weighted by molar-refractivity contribution is -0.137. The summed E-state index contributed by atoms with van der Waals surface area (Å²) < 4.78 is 46.8. The highest BCUT2D eigenvalue weighted by Gasteiger charge is 2.32. The highest BCUT2D eigenvalue weighted by molar-refractivity contribution is 7.22. The molecule has 5 rings (SSSR count). The molecule has 3 aromatic carbocycles. The number of rotatable bonds is 11. The first-order chi connectivity index (χ1) is 20.3. The minimum Gasteiger partial charge on any atom is -0.377 e. The van der Waals surface area contributed by atoms with Crippen LogP contribution in [0.5, 0.6) is 0 Å². The Morgan fingerprint density at radius 3 is 2.57 bits per heavy atom. The molecule has 7 nitrogen and oxygen atoms in total. The second kappa shape index (κ2) is 13.2. The van der Waals surface area contributed by atoms with Crippen LogP contribution in [0, 0.1) is 0 Å². The van der Waals surface area contributed by atoms with Gasteiger partial charge in [-0.2, -0.15) is 13.2 Å². The Balaban J connectivity index is 1.28. The number of alkyl halides is 3. The van der Waals surface area contributed by atoms with E-state index in [1.54, 1.807) is 29.1 Å². The van der Waals surface area contributed by atoms with Gasteiger partial charge < -0.3 is 10.1 Å². The maximum Gasteiger partial charge on any atom is 0.416 e. The van der Waals surface area contributed by atoms with E-state index in [4.69, 9.17) is 4.74 Å². The number of hydrogen-bond donors (Lipinski definition) is 2. The molecule has 0 bridgehead atoms. The summed E-state index contributed by atoms with van der Waals surface area (Å²) in [6.45, 7) is 0.752. The third-order valence-electron chi connectivity index (χ3n) is 6.37. The van der Waals surface area contributed by atoms with E-state index in [9.17, 15) is 22.8 Å². The Bertz CT molecular complexity index is 1660. The van der Waals surface area contributed by atoms with Crippen molar-refractivity contribution in [3.05, 3.63) is 106 Å². The summed E-state index contributed by atoms with van der Waals surface area (Å²) in [7, 11) is 0. The maximum atomic E-state index is 13.5. The zero-order valence-corrected chi connectivity index (χ0v) is 23.7. The van der Waals surface area contributed by atoms with Crippen LogP contribution in [0.25, 0.3) is 10.2 Å². The van der Waals surface area contributed by atoms with Crippen molar-refractivity contribution < 1.29 is 27.5 Å². The number of benzene rings is 3. The molecule has 0 saturated heterocycles. The Morgan fingerprint density at radius 2 is 1.81 bits per heavy atom. The van der Waals surface area contributed by atoms with Crippen molar-refractivity contribution in [3.8, 4) is 0 Å². The van der Waals surface area contributed by atoms with Gasteiger partial charge in [0, 0.05) is 17.7 Å². The molecular weight excluding hydrogens is 585 g/mol. The van der Waals surface area contributed by atoms with Crippen molar-refractivity contribution >= 4 is 55.5 Å². The van der Waals surface area contributed by atoms with E-state index >= 15 is 0 Å². The van der Waals surface area contributed by atoms with Gasteiger partial charge in [-0.3, -0.25) is 14.9 Å². The molecule has 2 aromatic heterocycles. The molecule has 0 fully saturated rings. The number of halogens is 3. The van der Waals surface area contributed by atoms with Gasteiger partial charge in [0.25, 0.3) is 5.91 Å². The first kappa shape index (κ1) is 29.4. The number of fused-ring (bicyclic) bond motifs is 1. The van der Waals surface area contributed by atoms with Crippen LogP contribution >= 0.6 is 22.7 Å². The van der Waals surface area contributed by atoms with E-state index in [2.05, 4.69) is 20.6 Å². The van der Waals surface area contributed by atoms with Gasteiger partial charge in [-0.15, -0.1) is 11.3 Å². The number of nitrogens with zero attached hydrogens (tertiary/aromatic N) is 2. The van der Waals surface area contributed by atoms with Crippen LogP contribution in [0.2, 0.25) is 0 Å². The Kier molecular flexibility index (Phi) is 9.25. The number of ether oxygens (including phenoxy) is 1. The van der Waals surface area contributed by atoms with Crippen LogP contribution in [0.4, 0.5) is 24.0 Å². The third-order valence-corrected chi connectivity index (χ3v) is 7.89. The average molecular weight is 611 g/mol. The number of thiazole rings is 2. The normalized spacial score (nSPS) is 12.3. The number of aromatic nitrogens is 2. The number of amides is 2. The predicted molar refractivity (Wildman–Crippen MR) is 158 cm³/mol. The van der Waals surface area contributed by atoms with Crippen molar-refractivity contribution in [3.63, 3.8) is 0 Å². The van der Waals surface area contributed by atoms with Gasteiger partial charge >= 0.3 is 6.18 Å². The molecule has 0 radical (unpaired) electrons. The molecular formula is C30H25F3N4O3S2. The van der Waals surface area contributed by atoms with E-state index in [0.29, 0.717) is 46.4 Å². The molecule has 216 valence electrons. The van der Waals surface area contributed by atoms with Gasteiger partial charge in [0.05, 0.1) is 33.8 Å². The molecule has 1 atom stereocenters. The fourth-order valence-electron chi connectivity index (χ4n) is 4.31. The lowest BCUT2D eigenvalue weighted by atomic mass is 9.92. The summed E-state index contributed by atoms with van der Waals surface area (Å²) in [4.78, 5) is 34.2. The summed E-state index contributed by atoms with van der Waals surface area (Å²) in [5, 5.41) is 7.58. The van der Waals surface area contributed by atoms with Crippen molar-refractivity contribution in [1.82, 2.24) is 9.97 Å². The van der Waals surface area contributed by atoms with Gasteiger partial charge in [-0.1, -0.05) is 59.9 Å². The number of hydrogen-bond acceptors (Lipinski definition) is 7. The predicted octanol–water partition coefficient (Wildman–Crippen LogP) is 7.74. The summed E-state index contributed by atoms with van der Waals surface area (Å²) in [6.07, 6.45) is -3.77. The number of carbonyl (C=O) groups excluding carboxylic acids is 2. The highest BCUT2D eigenvalue weighted by Crippen LogP contribution is 2.33. The van der Waals surface area contributed by atoms with Gasteiger partial charge in [0.1, 0.15) is 5.69 Å². The molecule has 0 aliphatic rings. The zero-order valence-electron chi connectivity index (χ0n) is 22.1. The zero-order chi connectivity index (χ0) is 29.5. The Hall–Kier alpha value is -4.13. The summed E-state index contributed by atoms with van der Waals surface area (Å²) in [6, 6.07) is 19.6. The second-order valence-electron chi connectivity index (χ2n) is 9.37. The molecule has 12 heteroatoms. The van der Waals surface area contributed by atoms with E-state index in [0.717, 1.165) is 17.7 Å². The van der Waals surface area contributed by atoms with Gasteiger partial charge in [-0.05, 0) is 48.2 Å². The molecule has 0 saturated carbocycles. The molecule has 0 aliphatic carbocycles. The van der Waals surface area contributed by atoms with E-state index in [1.165, 1.54) is 34.8 Å². The van der Waals surface area contributed by atoms with Crippen molar-refractivity contribution in [2.45, 2.75) is 31.5 Å². The third kappa shape index (κ3) is 7.58. The second-order valence-corrected chi connectivity index (χ2v) is 11.1. The quantitative estimate of drug-likeness (QED) is 0.149. The highest BCUT2D eigenvalue weighted by atomic mass is 32.1. The van der Waals surface area contributed by atoms with Crippen LogP contribution < -0.4 is 10.6 Å². The summed E-state index contributed by atoms with van der Waals surface area (Å²) in [5.41, 5.74) is 3.41. The van der Waals surface area contributed by atoms with Crippen LogP contribution in [0.15, 0.2) is 83.7 Å². The lowest BCUT2D eigenvalue weighted by Gasteiger charge is -2.19. The number of nitrogens with one attached hydrogen (secondary N) is 2. The fraction of sp³-hybridized carbons (Fsp3) is 0.200. The SMILES string of the molecule is O=C(Nc1nc2ccc(NC(=O)C(CCCOCc3ccccc3)c3cccc(C(F)(F)F)c3)cc2s1)c1cscn1. The molecule has 42 heavy (non-hydrogen) atoms. The monoisotopic (exact) mass is 610 g/mol. The van der Waals surface area contributed by atoms with Crippen molar-refractivity contribution in [1.29, 1.82) is 0 Å². The topological polar surface area (TPSA) is 93.2 Å². The van der Waals surface area contributed by atoms with Gasteiger partial charge in [0.2, 0.25) is 5.91 Å². The van der Waals surface area contributed by atoms with Gasteiger partial charge in [-0.25, -0.2) is 9.97 Å². The van der Waals surface area contributed by atoms with Crippen LogP contribution in [0.1, 0.15) is 45.9 Å². The van der Waals surface area contributed by atoms with E-state index in [-0.39, 0.29) is 17.9 Å². The smallest absolute Gasteiger partial charge is 0.377 e. The van der Waals surface area contributed by atoms with E-state index < -0.39 is 23.6 Å². The molecule has 2 heterocycles. The maximum absolute atomic E-state index is 13.5. The van der Waals surface area contributed by atoms with E-state index in [1.807, 2.05) is 30.3 Å². The average Bonchev–Trinajstić information content (AvgIpc) is 3.65. The lowest BCUT2D eigenvalue weighted by Crippen LogP contribution is -2.22. The van der Waals surface area contributed by atoms with Crippen molar-refractivity contribution in [2.75, 3.05) is 17.2 Å². The van der Waals surface area contributed by atoms with Crippen LogP contribution in [0.3, 0.4) is 0 Å². The Labute approximate surface area is 247 Å².